The van der Waals surface area contributed by atoms with Crippen LogP contribution in [0.15, 0.2) is 66.7 Å². The summed E-state index contributed by atoms with van der Waals surface area (Å²) in [6.07, 6.45) is 0. The summed E-state index contributed by atoms with van der Waals surface area (Å²) in [5, 5.41) is 2.97. The van der Waals surface area contributed by atoms with Crippen LogP contribution in [0.25, 0.3) is 0 Å². The predicted octanol–water partition coefficient (Wildman–Crippen LogP) is 4.12. The fourth-order valence-electron chi connectivity index (χ4n) is 4.54. The predicted molar refractivity (Wildman–Crippen MR) is 122 cm³/mol. The summed E-state index contributed by atoms with van der Waals surface area (Å²) in [5.41, 5.74) is 2.28. The van der Waals surface area contributed by atoms with Crippen LogP contribution >= 0.6 is 0 Å². The van der Waals surface area contributed by atoms with E-state index in [1.54, 1.807) is 66.6 Å². The fourth-order valence-corrected chi connectivity index (χ4v) is 4.54. The number of methoxy groups -OCH3 is 1. The van der Waals surface area contributed by atoms with Crippen molar-refractivity contribution < 1.29 is 28.2 Å². The summed E-state index contributed by atoms with van der Waals surface area (Å²) in [4.78, 5) is 28.9. The van der Waals surface area contributed by atoms with E-state index in [-0.39, 0.29) is 25.2 Å². The summed E-state index contributed by atoms with van der Waals surface area (Å²) in [5.74, 6) is -0.460. The molecule has 2 aliphatic rings. The maximum Gasteiger partial charge on any atom is 0.254 e. The zero-order valence-electron chi connectivity index (χ0n) is 18.5. The average Bonchev–Trinajstić information content (AvgIpc) is 3.32. The van der Waals surface area contributed by atoms with Gasteiger partial charge in [-0.3, -0.25) is 9.59 Å². The van der Waals surface area contributed by atoms with Crippen LogP contribution in [0.4, 0.5) is 10.1 Å². The molecule has 0 aliphatic carbocycles. The number of carbonyl (C=O) groups excluding carboxylic acids is 2. The lowest BCUT2D eigenvalue weighted by Gasteiger charge is -2.41. The highest BCUT2D eigenvalue weighted by molar-refractivity contribution is 6.04. The number of ether oxygens (including phenoxy) is 3. The molecule has 0 fully saturated rings. The highest BCUT2D eigenvalue weighted by atomic mass is 19.1. The second-order valence-corrected chi connectivity index (χ2v) is 8.11. The molecule has 0 radical (unpaired) electrons. The minimum absolute atomic E-state index is 0.131. The Morgan fingerprint density at radius 2 is 1.85 bits per heavy atom. The van der Waals surface area contributed by atoms with Gasteiger partial charge >= 0.3 is 0 Å². The lowest BCUT2D eigenvalue weighted by molar-refractivity contribution is -0.119. The smallest absolute Gasteiger partial charge is 0.254 e. The van der Waals surface area contributed by atoms with Crippen LogP contribution in [0.2, 0.25) is 0 Å². The van der Waals surface area contributed by atoms with E-state index in [1.165, 1.54) is 12.1 Å². The van der Waals surface area contributed by atoms with Gasteiger partial charge in [0.1, 0.15) is 5.82 Å². The zero-order chi connectivity index (χ0) is 23.7. The van der Waals surface area contributed by atoms with Crippen molar-refractivity contribution in [3.8, 4) is 11.5 Å². The van der Waals surface area contributed by atoms with E-state index in [1.807, 2.05) is 0 Å². The number of halogens is 1. The normalized spacial score (nSPS) is 18.5. The highest BCUT2D eigenvalue weighted by Crippen LogP contribution is 2.43. The molecular formula is C26H23FN2O5. The first-order valence-electron chi connectivity index (χ1n) is 10.9. The molecule has 0 saturated heterocycles. The van der Waals surface area contributed by atoms with Crippen molar-refractivity contribution in [2.45, 2.75) is 12.0 Å². The van der Waals surface area contributed by atoms with Crippen LogP contribution in [-0.4, -0.2) is 43.8 Å². The van der Waals surface area contributed by atoms with Gasteiger partial charge in [0, 0.05) is 31.0 Å². The molecule has 174 valence electrons. The molecule has 5 rings (SSSR count). The number of benzene rings is 3. The quantitative estimate of drug-likeness (QED) is 0.596. The Morgan fingerprint density at radius 3 is 2.65 bits per heavy atom. The molecule has 3 aromatic carbocycles. The third kappa shape index (κ3) is 3.97. The van der Waals surface area contributed by atoms with Gasteiger partial charge in [0.25, 0.3) is 5.91 Å². The van der Waals surface area contributed by atoms with Crippen molar-refractivity contribution in [2.24, 2.45) is 0 Å². The van der Waals surface area contributed by atoms with Gasteiger partial charge < -0.3 is 24.4 Å². The molecule has 34 heavy (non-hydrogen) atoms. The standard InChI is InChI=1S/C26H23FN2O5/c1-32-13-12-29-24(16-6-8-17(27)9-7-16)23(19-4-2-3-5-20(19)26(29)31)25(30)28-18-10-11-21-22(14-18)34-15-33-21/h2-11,14,23-24H,12-13,15H2,1H3,(H,28,30)/t23-,24-/m0/s1. The Bertz CT molecular complexity index is 1230. The Hall–Kier alpha value is -3.91. The van der Waals surface area contributed by atoms with E-state index in [0.29, 0.717) is 40.5 Å². The van der Waals surface area contributed by atoms with Gasteiger partial charge in [-0.2, -0.15) is 0 Å². The number of hydrogen-bond donors (Lipinski definition) is 1. The van der Waals surface area contributed by atoms with E-state index in [9.17, 15) is 14.0 Å². The van der Waals surface area contributed by atoms with Crippen molar-refractivity contribution in [3.63, 3.8) is 0 Å². The summed E-state index contributed by atoms with van der Waals surface area (Å²) >= 11 is 0. The summed E-state index contributed by atoms with van der Waals surface area (Å²) in [6, 6.07) is 17.5. The summed E-state index contributed by atoms with van der Waals surface area (Å²) in [6.45, 7) is 0.702. The van der Waals surface area contributed by atoms with E-state index in [4.69, 9.17) is 14.2 Å². The first kappa shape index (κ1) is 21.9. The second-order valence-electron chi connectivity index (χ2n) is 8.11. The highest BCUT2D eigenvalue weighted by Gasteiger charge is 2.44. The third-order valence-corrected chi connectivity index (χ3v) is 6.11. The van der Waals surface area contributed by atoms with Gasteiger partial charge in [-0.05, 0) is 41.5 Å². The van der Waals surface area contributed by atoms with E-state index in [0.717, 1.165) is 0 Å². The number of fused-ring (bicyclic) bond motifs is 2. The van der Waals surface area contributed by atoms with Crippen molar-refractivity contribution in [3.05, 3.63) is 89.2 Å². The molecule has 8 heteroatoms. The molecule has 0 spiro atoms. The minimum Gasteiger partial charge on any atom is -0.454 e. The summed E-state index contributed by atoms with van der Waals surface area (Å²) in [7, 11) is 1.55. The Morgan fingerprint density at radius 1 is 1.09 bits per heavy atom. The van der Waals surface area contributed by atoms with Gasteiger partial charge in [0.15, 0.2) is 11.5 Å². The third-order valence-electron chi connectivity index (χ3n) is 6.11. The molecule has 0 aromatic heterocycles. The summed E-state index contributed by atoms with van der Waals surface area (Å²) < 4.78 is 29.7. The Labute approximate surface area is 196 Å². The number of anilines is 1. The molecule has 1 N–H and O–H groups in total. The average molecular weight is 462 g/mol. The van der Waals surface area contributed by atoms with Crippen molar-refractivity contribution in [2.75, 3.05) is 32.4 Å². The van der Waals surface area contributed by atoms with Gasteiger partial charge in [-0.15, -0.1) is 0 Å². The van der Waals surface area contributed by atoms with E-state index >= 15 is 0 Å². The Kier molecular flexibility index (Phi) is 5.90. The van der Waals surface area contributed by atoms with Gasteiger partial charge in [-0.25, -0.2) is 4.39 Å². The number of nitrogens with zero attached hydrogens (tertiary/aromatic N) is 1. The molecule has 2 amide bonds. The lowest BCUT2D eigenvalue weighted by Crippen LogP contribution is -2.47. The van der Waals surface area contributed by atoms with Crippen LogP contribution in [0, 0.1) is 5.82 Å². The first-order valence-corrected chi connectivity index (χ1v) is 10.9. The molecule has 0 unspecified atom stereocenters. The minimum atomic E-state index is -0.735. The number of nitrogens with one attached hydrogen (secondary N) is 1. The maximum absolute atomic E-state index is 13.8. The second kappa shape index (κ2) is 9.15. The molecule has 0 bridgehead atoms. The zero-order valence-corrected chi connectivity index (χ0v) is 18.5. The van der Waals surface area contributed by atoms with Crippen LogP contribution in [0.5, 0.6) is 11.5 Å². The van der Waals surface area contributed by atoms with Gasteiger partial charge in [0.2, 0.25) is 12.7 Å². The van der Waals surface area contributed by atoms with Crippen molar-refractivity contribution in [1.29, 1.82) is 0 Å². The number of amides is 2. The molecule has 2 atom stereocenters. The van der Waals surface area contributed by atoms with Crippen LogP contribution in [0.3, 0.4) is 0 Å². The molecular weight excluding hydrogens is 439 g/mol. The fraction of sp³-hybridized carbons (Fsp3) is 0.231. The largest absolute Gasteiger partial charge is 0.454 e. The Balaban J connectivity index is 1.58. The maximum atomic E-state index is 13.8. The lowest BCUT2D eigenvalue weighted by atomic mass is 9.79. The molecule has 7 nitrogen and oxygen atoms in total. The number of hydrogen-bond acceptors (Lipinski definition) is 5. The SMILES string of the molecule is COCCN1C(=O)c2ccccc2[C@H](C(=O)Nc2ccc3c(c2)OCO3)[C@@H]1c1ccc(F)cc1. The van der Waals surface area contributed by atoms with Crippen LogP contribution < -0.4 is 14.8 Å². The van der Waals surface area contributed by atoms with Gasteiger partial charge in [0.05, 0.1) is 18.6 Å². The topological polar surface area (TPSA) is 77.1 Å². The molecule has 2 aliphatic heterocycles. The molecule has 0 saturated carbocycles. The molecule has 3 aromatic rings. The molecule has 2 heterocycles. The van der Waals surface area contributed by atoms with Crippen molar-refractivity contribution in [1.82, 2.24) is 4.90 Å². The number of rotatable bonds is 6. The van der Waals surface area contributed by atoms with Gasteiger partial charge in [-0.1, -0.05) is 30.3 Å². The van der Waals surface area contributed by atoms with E-state index < -0.39 is 17.8 Å². The van der Waals surface area contributed by atoms with E-state index in [2.05, 4.69) is 5.32 Å². The van der Waals surface area contributed by atoms with Crippen LogP contribution in [-0.2, 0) is 9.53 Å². The first-order chi connectivity index (χ1) is 16.6. The number of carbonyl (C=O) groups is 2. The van der Waals surface area contributed by atoms with Crippen molar-refractivity contribution >= 4 is 17.5 Å². The van der Waals surface area contributed by atoms with Crippen LogP contribution in [0.1, 0.15) is 33.4 Å². The monoisotopic (exact) mass is 462 g/mol.